The molecular formula is C29H25N3O8S. The zero-order valence-corrected chi connectivity index (χ0v) is 23.7. The standard InChI is InChI=1S/C29H25N3O8S/c1-6-39-28(37)22-14(2)30-29-32(24(22)17-11-12-20(40-16(4)34)21(13-17)38-5)27(36)25(41-29)23-18-9-7-8-10-19(18)31(15(3)33)26(23)35/h7-13,24H,6H2,1-5H3. The van der Waals surface area contributed by atoms with E-state index in [9.17, 15) is 24.0 Å². The number of hydrogen-bond acceptors (Lipinski definition) is 10. The first-order valence-corrected chi connectivity index (χ1v) is 13.4. The summed E-state index contributed by atoms with van der Waals surface area (Å²) in [6.45, 7) is 5.93. The second kappa shape index (κ2) is 10.6. The molecule has 2 aliphatic heterocycles. The van der Waals surface area contributed by atoms with E-state index in [4.69, 9.17) is 14.2 Å². The number of hydrogen-bond donors (Lipinski definition) is 0. The third kappa shape index (κ3) is 4.55. The highest BCUT2D eigenvalue weighted by molar-refractivity contribution is 7.07. The summed E-state index contributed by atoms with van der Waals surface area (Å²) in [7, 11) is 1.40. The molecule has 41 heavy (non-hydrogen) atoms. The molecule has 1 atom stereocenters. The van der Waals surface area contributed by atoms with Crippen molar-refractivity contribution < 1.29 is 33.4 Å². The summed E-state index contributed by atoms with van der Waals surface area (Å²) in [6.07, 6.45) is 0. The maximum Gasteiger partial charge on any atom is 0.338 e. The molecule has 2 amide bonds. The van der Waals surface area contributed by atoms with Crippen LogP contribution in [0, 0.1) is 0 Å². The first kappa shape index (κ1) is 27.7. The fraction of sp³-hybridized carbons (Fsp3) is 0.241. The first-order valence-electron chi connectivity index (χ1n) is 12.6. The van der Waals surface area contributed by atoms with Gasteiger partial charge in [-0.1, -0.05) is 35.6 Å². The van der Waals surface area contributed by atoms with Crippen LogP contribution in [-0.2, 0) is 23.9 Å². The van der Waals surface area contributed by atoms with Crippen LogP contribution in [0.1, 0.15) is 44.9 Å². The van der Waals surface area contributed by atoms with Crippen LogP contribution in [0.15, 0.2) is 63.5 Å². The summed E-state index contributed by atoms with van der Waals surface area (Å²) in [5.74, 6) is -1.94. The van der Waals surface area contributed by atoms with Gasteiger partial charge in [-0.2, -0.15) is 0 Å². The number of rotatable bonds is 5. The SMILES string of the molecule is CCOC(=O)C1=C(C)N=c2sc(=C3C(=O)N(C(C)=O)c4ccccc43)c(=O)n2C1c1ccc(OC(C)=O)c(OC)c1. The molecule has 0 spiro atoms. The van der Waals surface area contributed by atoms with Crippen LogP contribution in [-0.4, -0.2) is 42.0 Å². The van der Waals surface area contributed by atoms with E-state index in [0.29, 0.717) is 22.5 Å². The summed E-state index contributed by atoms with van der Waals surface area (Å²) >= 11 is 0.992. The molecule has 12 heteroatoms. The number of esters is 2. The summed E-state index contributed by atoms with van der Waals surface area (Å²) < 4.78 is 17.4. The van der Waals surface area contributed by atoms with E-state index in [1.165, 1.54) is 31.6 Å². The van der Waals surface area contributed by atoms with Crippen molar-refractivity contribution in [2.45, 2.75) is 33.7 Å². The van der Waals surface area contributed by atoms with Crippen molar-refractivity contribution in [2.24, 2.45) is 4.99 Å². The largest absolute Gasteiger partial charge is 0.493 e. The number of ether oxygens (including phenoxy) is 3. The van der Waals surface area contributed by atoms with Crippen LogP contribution < -0.4 is 29.3 Å². The Bertz CT molecular complexity index is 1870. The second-order valence-electron chi connectivity index (χ2n) is 9.18. The molecule has 11 nitrogen and oxygen atoms in total. The predicted octanol–water partition coefficient (Wildman–Crippen LogP) is 2.00. The normalized spacial score (nSPS) is 17.0. The Hall–Kier alpha value is -4.84. The Morgan fingerprint density at radius 2 is 1.78 bits per heavy atom. The molecule has 3 aromatic rings. The highest BCUT2D eigenvalue weighted by Crippen LogP contribution is 2.37. The van der Waals surface area contributed by atoms with Crippen LogP contribution in [0.25, 0.3) is 5.57 Å². The smallest absolute Gasteiger partial charge is 0.338 e. The zero-order valence-electron chi connectivity index (χ0n) is 22.8. The van der Waals surface area contributed by atoms with Gasteiger partial charge in [0.25, 0.3) is 11.5 Å². The molecular weight excluding hydrogens is 550 g/mol. The van der Waals surface area contributed by atoms with Gasteiger partial charge in [-0.05, 0) is 37.6 Å². The maximum absolute atomic E-state index is 14.2. The average molecular weight is 576 g/mol. The molecule has 3 heterocycles. The van der Waals surface area contributed by atoms with Gasteiger partial charge in [0.15, 0.2) is 16.3 Å². The highest BCUT2D eigenvalue weighted by atomic mass is 32.1. The number of amides is 2. The minimum atomic E-state index is -1.00. The number of thiazole rings is 1. The van der Waals surface area contributed by atoms with Gasteiger partial charge in [-0.3, -0.25) is 23.7 Å². The van der Waals surface area contributed by atoms with Crippen molar-refractivity contribution in [2.75, 3.05) is 18.6 Å². The molecule has 0 radical (unpaired) electrons. The van der Waals surface area contributed by atoms with Crippen LogP contribution in [0.2, 0.25) is 0 Å². The van der Waals surface area contributed by atoms with Gasteiger partial charge in [0.05, 0.1) is 42.3 Å². The van der Waals surface area contributed by atoms with Crippen molar-refractivity contribution in [3.05, 3.63) is 84.5 Å². The number of anilines is 1. The summed E-state index contributed by atoms with van der Waals surface area (Å²) in [4.78, 5) is 70.7. The Balaban J connectivity index is 1.81. The number of carbonyl (C=O) groups is 4. The molecule has 2 aromatic carbocycles. The lowest BCUT2D eigenvalue weighted by molar-refractivity contribution is -0.139. The van der Waals surface area contributed by atoms with E-state index in [0.717, 1.165) is 16.2 Å². The Morgan fingerprint density at radius 1 is 1.05 bits per heavy atom. The highest BCUT2D eigenvalue weighted by Gasteiger charge is 2.39. The van der Waals surface area contributed by atoms with Gasteiger partial charge in [-0.25, -0.2) is 14.7 Å². The van der Waals surface area contributed by atoms with E-state index < -0.39 is 35.4 Å². The monoisotopic (exact) mass is 575 g/mol. The number of para-hydroxylation sites is 1. The summed E-state index contributed by atoms with van der Waals surface area (Å²) in [5, 5.41) is 0. The molecule has 0 N–H and O–H groups in total. The first-order chi connectivity index (χ1) is 19.6. The fourth-order valence-electron chi connectivity index (χ4n) is 5.00. The number of benzene rings is 2. The van der Waals surface area contributed by atoms with Gasteiger partial charge >= 0.3 is 11.9 Å². The summed E-state index contributed by atoms with van der Waals surface area (Å²) in [6, 6.07) is 10.4. The number of carbonyl (C=O) groups excluding carboxylic acids is 4. The lowest BCUT2D eigenvalue weighted by Gasteiger charge is -2.25. The van der Waals surface area contributed by atoms with Crippen LogP contribution in [0.5, 0.6) is 11.5 Å². The molecule has 1 aromatic heterocycles. The number of methoxy groups -OCH3 is 1. The Kier molecular flexibility index (Phi) is 7.18. The number of fused-ring (bicyclic) bond motifs is 2. The minimum absolute atomic E-state index is 0.0800. The average Bonchev–Trinajstić information content (AvgIpc) is 3.40. The van der Waals surface area contributed by atoms with Crippen molar-refractivity contribution in [1.82, 2.24) is 4.57 Å². The molecule has 0 fully saturated rings. The van der Waals surface area contributed by atoms with E-state index in [2.05, 4.69) is 4.99 Å². The lowest BCUT2D eigenvalue weighted by Crippen LogP contribution is -2.41. The third-order valence-electron chi connectivity index (χ3n) is 6.62. The van der Waals surface area contributed by atoms with E-state index in [1.807, 2.05) is 0 Å². The molecule has 1 unspecified atom stereocenters. The molecule has 5 rings (SSSR count). The number of allylic oxidation sites excluding steroid dienone is 1. The van der Waals surface area contributed by atoms with Gasteiger partial charge in [0, 0.05) is 19.4 Å². The summed E-state index contributed by atoms with van der Waals surface area (Å²) in [5.41, 5.74) is 1.26. The number of nitrogens with zero attached hydrogens (tertiary/aromatic N) is 3. The lowest BCUT2D eigenvalue weighted by atomic mass is 9.95. The van der Waals surface area contributed by atoms with Crippen LogP contribution >= 0.6 is 11.3 Å². The van der Waals surface area contributed by atoms with Crippen LogP contribution in [0.4, 0.5) is 5.69 Å². The minimum Gasteiger partial charge on any atom is -0.493 e. The number of aromatic nitrogens is 1. The predicted molar refractivity (Wildman–Crippen MR) is 148 cm³/mol. The van der Waals surface area contributed by atoms with Gasteiger partial charge in [0.1, 0.15) is 4.53 Å². The fourth-order valence-corrected chi connectivity index (χ4v) is 6.14. The Labute approximate surface area is 237 Å². The molecule has 0 bridgehead atoms. The maximum atomic E-state index is 14.2. The second-order valence-corrected chi connectivity index (χ2v) is 10.2. The zero-order chi connectivity index (χ0) is 29.6. The van der Waals surface area contributed by atoms with Gasteiger partial charge in [-0.15, -0.1) is 0 Å². The molecule has 0 aliphatic carbocycles. The van der Waals surface area contributed by atoms with E-state index >= 15 is 0 Å². The van der Waals surface area contributed by atoms with Crippen molar-refractivity contribution in [3.8, 4) is 11.5 Å². The molecule has 2 aliphatic rings. The number of imide groups is 1. The van der Waals surface area contributed by atoms with Crippen molar-refractivity contribution in [3.63, 3.8) is 0 Å². The molecule has 210 valence electrons. The topological polar surface area (TPSA) is 134 Å². The van der Waals surface area contributed by atoms with Crippen LogP contribution in [0.3, 0.4) is 0 Å². The Morgan fingerprint density at radius 3 is 2.44 bits per heavy atom. The third-order valence-corrected chi connectivity index (χ3v) is 7.68. The quantitative estimate of drug-likeness (QED) is 0.333. The van der Waals surface area contributed by atoms with Crippen molar-refractivity contribution in [1.29, 1.82) is 0 Å². The van der Waals surface area contributed by atoms with E-state index in [-0.39, 0.29) is 38.6 Å². The van der Waals surface area contributed by atoms with E-state index in [1.54, 1.807) is 50.2 Å². The van der Waals surface area contributed by atoms with Gasteiger partial charge < -0.3 is 14.2 Å². The van der Waals surface area contributed by atoms with Gasteiger partial charge in [0.2, 0.25) is 5.91 Å². The molecule has 0 saturated carbocycles. The molecule has 0 saturated heterocycles. The van der Waals surface area contributed by atoms with Crippen molar-refractivity contribution >= 4 is 46.4 Å².